The van der Waals surface area contributed by atoms with Gasteiger partial charge in [0.15, 0.2) is 0 Å². The van der Waals surface area contributed by atoms with Gasteiger partial charge in [-0.15, -0.1) is 0 Å². The molecule has 0 unspecified atom stereocenters. The van der Waals surface area contributed by atoms with Crippen LogP contribution in [0.4, 0.5) is 0 Å². The van der Waals surface area contributed by atoms with Crippen LogP contribution in [0.2, 0.25) is 5.15 Å². The van der Waals surface area contributed by atoms with Gasteiger partial charge in [0, 0.05) is 11.4 Å². The molecule has 0 aliphatic carbocycles. The van der Waals surface area contributed by atoms with E-state index in [2.05, 4.69) is 9.97 Å². The van der Waals surface area contributed by atoms with E-state index in [1.165, 1.54) is 0 Å². The van der Waals surface area contributed by atoms with Crippen LogP contribution in [0.15, 0.2) is 29.1 Å². The van der Waals surface area contributed by atoms with Gasteiger partial charge in [-0.1, -0.05) is 17.7 Å². The number of nitrogens with zero attached hydrogens (tertiary/aromatic N) is 3. The Kier molecular flexibility index (Phi) is 3.24. The Labute approximate surface area is 104 Å². The van der Waals surface area contributed by atoms with E-state index in [1.807, 2.05) is 25.1 Å². The maximum Gasteiger partial charge on any atom is 0.348 e. The Morgan fingerprint density at radius 2 is 2.06 bits per heavy atom. The normalized spacial score (nSPS) is 10.5. The molecule has 0 atom stereocenters. The van der Waals surface area contributed by atoms with E-state index in [9.17, 15) is 4.79 Å². The second-order valence-corrected chi connectivity index (χ2v) is 4.25. The molecule has 0 N–H and O–H groups in total. The third kappa shape index (κ3) is 2.71. The molecule has 0 saturated heterocycles. The number of aryl methyl sites for hydroxylation is 2. The van der Waals surface area contributed by atoms with E-state index in [1.54, 1.807) is 17.6 Å². The number of aromatic nitrogens is 3. The molecule has 2 heterocycles. The summed E-state index contributed by atoms with van der Waals surface area (Å²) in [6, 6.07) is 7.21. The van der Waals surface area contributed by atoms with Crippen LogP contribution in [0, 0.1) is 13.8 Å². The van der Waals surface area contributed by atoms with Crippen molar-refractivity contribution in [3.8, 4) is 0 Å². The number of halogens is 1. The Morgan fingerprint density at radius 1 is 1.29 bits per heavy atom. The van der Waals surface area contributed by atoms with Crippen LogP contribution in [0.25, 0.3) is 0 Å². The second kappa shape index (κ2) is 4.67. The van der Waals surface area contributed by atoms with Gasteiger partial charge < -0.3 is 0 Å². The van der Waals surface area contributed by atoms with Crippen molar-refractivity contribution in [1.82, 2.24) is 14.5 Å². The lowest BCUT2D eigenvalue weighted by atomic mass is 10.3. The summed E-state index contributed by atoms with van der Waals surface area (Å²) in [5, 5.41) is 0.424. The Hall–Kier alpha value is -1.68. The average Bonchev–Trinajstić information content (AvgIpc) is 2.23. The van der Waals surface area contributed by atoms with Crippen LogP contribution >= 0.6 is 11.6 Å². The van der Waals surface area contributed by atoms with Crippen molar-refractivity contribution in [2.24, 2.45) is 0 Å². The molecule has 2 rings (SSSR count). The minimum atomic E-state index is -0.260. The first kappa shape index (κ1) is 11.8. The van der Waals surface area contributed by atoms with E-state index < -0.39 is 0 Å². The highest BCUT2D eigenvalue weighted by Gasteiger charge is 2.05. The molecule has 5 heteroatoms. The van der Waals surface area contributed by atoms with Gasteiger partial charge in [0.2, 0.25) is 0 Å². The third-order valence-electron chi connectivity index (χ3n) is 2.44. The fourth-order valence-corrected chi connectivity index (χ4v) is 1.85. The summed E-state index contributed by atoms with van der Waals surface area (Å²) in [5.74, 6) is 0. The quantitative estimate of drug-likeness (QED) is 0.765. The van der Waals surface area contributed by atoms with Crippen molar-refractivity contribution in [2.45, 2.75) is 20.4 Å². The highest BCUT2D eigenvalue weighted by molar-refractivity contribution is 6.29. The number of hydrogen-bond donors (Lipinski definition) is 0. The molecular formula is C12H12ClN3O. The lowest BCUT2D eigenvalue weighted by Gasteiger charge is -2.09. The standard InChI is InChI=1S/C12H12ClN3O/c1-8-6-9(2)16(12(17)14-8)7-10-4-3-5-11(13)15-10/h3-6H,7H2,1-2H3. The molecule has 0 bridgehead atoms. The molecule has 0 aliphatic rings. The monoisotopic (exact) mass is 249 g/mol. The smallest absolute Gasteiger partial charge is 0.291 e. The summed E-state index contributed by atoms with van der Waals surface area (Å²) in [7, 11) is 0. The van der Waals surface area contributed by atoms with Crippen LogP contribution in [0.1, 0.15) is 17.1 Å². The molecule has 0 amide bonds. The zero-order valence-electron chi connectivity index (χ0n) is 9.64. The first-order chi connectivity index (χ1) is 8.06. The predicted octanol–water partition coefficient (Wildman–Crippen LogP) is 1.96. The van der Waals surface area contributed by atoms with Gasteiger partial charge in [0.05, 0.1) is 12.2 Å². The summed E-state index contributed by atoms with van der Waals surface area (Å²) in [5.41, 5.74) is 2.07. The van der Waals surface area contributed by atoms with Crippen LogP contribution in [0.3, 0.4) is 0 Å². The average molecular weight is 250 g/mol. The van der Waals surface area contributed by atoms with Crippen molar-refractivity contribution in [1.29, 1.82) is 0 Å². The molecule has 17 heavy (non-hydrogen) atoms. The van der Waals surface area contributed by atoms with Crippen molar-refractivity contribution in [2.75, 3.05) is 0 Å². The summed E-state index contributed by atoms with van der Waals surface area (Å²) >= 11 is 5.80. The second-order valence-electron chi connectivity index (χ2n) is 3.86. The van der Waals surface area contributed by atoms with E-state index in [0.29, 0.717) is 11.7 Å². The number of rotatable bonds is 2. The molecule has 88 valence electrons. The van der Waals surface area contributed by atoms with Gasteiger partial charge in [-0.05, 0) is 32.0 Å². The van der Waals surface area contributed by atoms with Crippen LogP contribution in [-0.2, 0) is 6.54 Å². The minimum Gasteiger partial charge on any atom is -0.291 e. The van der Waals surface area contributed by atoms with Gasteiger partial charge in [-0.3, -0.25) is 4.57 Å². The van der Waals surface area contributed by atoms with Gasteiger partial charge in [-0.25, -0.2) is 9.78 Å². The van der Waals surface area contributed by atoms with Crippen molar-refractivity contribution < 1.29 is 0 Å². The fourth-order valence-electron chi connectivity index (χ4n) is 1.67. The lowest BCUT2D eigenvalue weighted by molar-refractivity contribution is 0.681. The maximum absolute atomic E-state index is 11.7. The van der Waals surface area contributed by atoms with Gasteiger partial charge in [-0.2, -0.15) is 4.98 Å². The van der Waals surface area contributed by atoms with E-state index in [4.69, 9.17) is 11.6 Å². The lowest BCUT2D eigenvalue weighted by Crippen LogP contribution is -2.26. The molecule has 2 aromatic heterocycles. The number of pyridine rings is 1. The molecule has 0 saturated carbocycles. The molecule has 0 aromatic carbocycles. The summed E-state index contributed by atoms with van der Waals surface area (Å²) in [4.78, 5) is 19.8. The highest BCUT2D eigenvalue weighted by Crippen LogP contribution is 2.07. The van der Waals surface area contributed by atoms with Crippen LogP contribution in [-0.4, -0.2) is 14.5 Å². The topological polar surface area (TPSA) is 47.8 Å². The van der Waals surface area contributed by atoms with Gasteiger partial charge in [0.25, 0.3) is 0 Å². The van der Waals surface area contributed by atoms with Crippen molar-refractivity contribution in [3.05, 3.63) is 57.0 Å². The van der Waals surface area contributed by atoms with Crippen LogP contribution in [0.5, 0.6) is 0 Å². The van der Waals surface area contributed by atoms with Crippen molar-refractivity contribution >= 4 is 11.6 Å². The molecule has 4 nitrogen and oxygen atoms in total. The zero-order valence-corrected chi connectivity index (χ0v) is 10.4. The van der Waals surface area contributed by atoms with E-state index in [0.717, 1.165) is 17.1 Å². The Balaban J connectivity index is 2.40. The van der Waals surface area contributed by atoms with Gasteiger partial charge in [0.1, 0.15) is 5.15 Å². The molecule has 2 aromatic rings. The summed E-state index contributed by atoms with van der Waals surface area (Å²) in [6.07, 6.45) is 0. The Morgan fingerprint density at radius 3 is 2.71 bits per heavy atom. The summed E-state index contributed by atoms with van der Waals surface area (Å²) in [6.45, 7) is 4.06. The third-order valence-corrected chi connectivity index (χ3v) is 2.65. The molecule has 0 radical (unpaired) electrons. The first-order valence-electron chi connectivity index (χ1n) is 5.23. The molecular weight excluding hydrogens is 238 g/mol. The first-order valence-corrected chi connectivity index (χ1v) is 5.60. The van der Waals surface area contributed by atoms with E-state index >= 15 is 0 Å². The highest BCUT2D eigenvalue weighted by atomic mass is 35.5. The zero-order chi connectivity index (χ0) is 12.4. The molecule has 0 spiro atoms. The van der Waals surface area contributed by atoms with Crippen LogP contribution < -0.4 is 5.69 Å². The minimum absolute atomic E-state index is 0.260. The molecule has 0 aliphatic heterocycles. The molecule has 0 fully saturated rings. The Bertz CT molecular complexity index is 607. The predicted molar refractivity (Wildman–Crippen MR) is 66.3 cm³/mol. The largest absolute Gasteiger partial charge is 0.348 e. The van der Waals surface area contributed by atoms with Crippen molar-refractivity contribution in [3.63, 3.8) is 0 Å². The van der Waals surface area contributed by atoms with E-state index in [-0.39, 0.29) is 5.69 Å². The summed E-state index contributed by atoms with van der Waals surface area (Å²) < 4.78 is 1.58. The maximum atomic E-state index is 11.7. The number of hydrogen-bond acceptors (Lipinski definition) is 3. The van der Waals surface area contributed by atoms with Gasteiger partial charge >= 0.3 is 5.69 Å². The fraction of sp³-hybridized carbons (Fsp3) is 0.250. The SMILES string of the molecule is Cc1cc(C)n(Cc2cccc(Cl)n2)c(=O)n1.